The molecule has 0 N–H and O–H groups in total. The molecule has 2 aliphatic rings. The first-order chi connectivity index (χ1) is 6.64. The van der Waals surface area contributed by atoms with Crippen molar-refractivity contribution in [1.82, 2.24) is 0 Å². The predicted octanol–water partition coefficient (Wildman–Crippen LogP) is 1.71. The molecular formula is C8H13O5P. The zero-order valence-corrected chi connectivity index (χ0v) is 9.08. The van der Waals surface area contributed by atoms with Crippen LogP contribution in [0.25, 0.3) is 0 Å². The molecule has 0 radical (unpaired) electrons. The third kappa shape index (κ3) is 1.73. The van der Waals surface area contributed by atoms with Crippen molar-refractivity contribution in [3.8, 4) is 0 Å². The molecule has 0 aromatic rings. The van der Waals surface area contributed by atoms with Crippen molar-refractivity contribution < 1.29 is 22.9 Å². The van der Waals surface area contributed by atoms with Crippen molar-refractivity contribution in [2.45, 2.75) is 6.92 Å². The van der Waals surface area contributed by atoms with E-state index in [4.69, 9.17) is 18.3 Å². The lowest BCUT2D eigenvalue weighted by Gasteiger charge is -2.14. The van der Waals surface area contributed by atoms with E-state index in [0.29, 0.717) is 25.6 Å². The van der Waals surface area contributed by atoms with Gasteiger partial charge >= 0.3 is 7.82 Å². The summed E-state index contributed by atoms with van der Waals surface area (Å²) in [6.07, 6.45) is 0. The Labute approximate surface area is 82.6 Å². The van der Waals surface area contributed by atoms with Gasteiger partial charge in [0.05, 0.1) is 19.8 Å². The highest BCUT2D eigenvalue weighted by molar-refractivity contribution is 7.48. The molecule has 6 heteroatoms. The van der Waals surface area contributed by atoms with Gasteiger partial charge in [-0.1, -0.05) is 0 Å². The molecule has 0 aliphatic carbocycles. The molecule has 0 bridgehead atoms. The van der Waals surface area contributed by atoms with E-state index in [2.05, 4.69) is 0 Å². The lowest BCUT2D eigenvalue weighted by molar-refractivity contribution is 0.130. The molecule has 0 spiro atoms. The van der Waals surface area contributed by atoms with Gasteiger partial charge in [0.25, 0.3) is 0 Å². The number of rotatable bonds is 1. The number of fused-ring (bicyclic) bond motifs is 1. The van der Waals surface area contributed by atoms with Crippen LogP contribution >= 0.6 is 7.82 Å². The average molecular weight is 220 g/mol. The first kappa shape index (κ1) is 10.2. The molecule has 0 aromatic carbocycles. The van der Waals surface area contributed by atoms with Crippen molar-refractivity contribution in [2.75, 3.05) is 26.9 Å². The quantitative estimate of drug-likeness (QED) is 0.629. The van der Waals surface area contributed by atoms with E-state index in [0.717, 1.165) is 5.57 Å². The molecule has 0 aromatic heterocycles. The molecule has 5 nitrogen and oxygen atoms in total. The molecule has 2 atom stereocenters. The Bertz CT molecular complexity index is 311. The number of ether oxygens (including phenoxy) is 1. The normalized spacial score (nSPS) is 37.7. The SMILES string of the molecule is COP1(=O)OCC2COCC2=C(C)O1. The van der Waals surface area contributed by atoms with Crippen molar-refractivity contribution in [1.29, 1.82) is 0 Å². The lowest BCUT2D eigenvalue weighted by Crippen LogP contribution is -2.08. The fourth-order valence-electron chi connectivity index (χ4n) is 1.59. The van der Waals surface area contributed by atoms with Crippen LogP contribution in [0.15, 0.2) is 11.3 Å². The number of phosphoric ester groups is 1. The summed E-state index contributed by atoms with van der Waals surface area (Å²) in [6, 6.07) is 0. The van der Waals surface area contributed by atoms with Gasteiger partial charge in [-0.05, 0) is 6.92 Å². The van der Waals surface area contributed by atoms with E-state index in [1.54, 1.807) is 6.92 Å². The zero-order valence-electron chi connectivity index (χ0n) is 8.19. The van der Waals surface area contributed by atoms with Gasteiger partial charge < -0.3 is 9.26 Å². The molecule has 2 aliphatic heterocycles. The number of hydrogen-bond acceptors (Lipinski definition) is 5. The van der Waals surface area contributed by atoms with Gasteiger partial charge in [0, 0.05) is 18.6 Å². The maximum Gasteiger partial charge on any atom is 0.529 e. The van der Waals surface area contributed by atoms with Gasteiger partial charge in [0.1, 0.15) is 5.76 Å². The molecule has 1 saturated heterocycles. The molecule has 14 heavy (non-hydrogen) atoms. The van der Waals surface area contributed by atoms with Crippen LogP contribution in [-0.4, -0.2) is 26.9 Å². The van der Waals surface area contributed by atoms with E-state index in [1.807, 2.05) is 0 Å². The third-order valence-corrected chi connectivity index (χ3v) is 3.84. The molecule has 1 fully saturated rings. The van der Waals surface area contributed by atoms with Crippen LogP contribution in [0, 0.1) is 5.92 Å². The minimum absolute atomic E-state index is 0.154. The van der Waals surface area contributed by atoms with Gasteiger partial charge in [-0.25, -0.2) is 4.57 Å². The van der Waals surface area contributed by atoms with Gasteiger partial charge in [-0.2, -0.15) is 0 Å². The second-order valence-corrected chi connectivity index (χ2v) is 5.01. The van der Waals surface area contributed by atoms with Crippen molar-refractivity contribution >= 4 is 7.82 Å². The van der Waals surface area contributed by atoms with Crippen LogP contribution in [0.2, 0.25) is 0 Å². The Morgan fingerprint density at radius 1 is 1.50 bits per heavy atom. The average Bonchev–Trinajstić information content (AvgIpc) is 2.59. The highest BCUT2D eigenvalue weighted by Crippen LogP contribution is 2.53. The monoisotopic (exact) mass is 220 g/mol. The van der Waals surface area contributed by atoms with E-state index in [9.17, 15) is 4.57 Å². The van der Waals surface area contributed by atoms with Gasteiger partial charge in [0.2, 0.25) is 0 Å². The lowest BCUT2D eigenvalue weighted by atomic mass is 10.0. The summed E-state index contributed by atoms with van der Waals surface area (Å²) in [6.45, 7) is 3.22. The molecular weight excluding hydrogens is 207 g/mol. The van der Waals surface area contributed by atoms with Crippen LogP contribution < -0.4 is 0 Å². The Hall–Kier alpha value is -0.350. The number of hydrogen-bond donors (Lipinski definition) is 0. The summed E-state index contributed by atoms with van der Waals surface area (Å²) in [5.41, 5.74) is 1.03. The minimum atomic E-state index is -3.36. The Morgan fingerprint density at radius 2 is 2.29 bits per heavy atom. The minimum Gasteiger partial charge on any atom is -0.409 e. The van der Waals surface area contributed by atoms with E-state index >= 15 is 0 Å². The van der Waals surface area contributed by atoms with E-state index in [1.165, 1.54) is 7.11 Å². The summed E-state index contributed by atoms with van der Waals surface area (Å²) < 4.78 is 32.0. The van der Waals surface area contributed by atoms with Crippen molar-refractivity contribution in [3.05, 3.63) is 11.3 Å². The smallest absolute Gasteiger partial charge is 0.409 e. The number of phosphoric acid groups is 1. The van der Waals surface area contributed by atoms with E-state index < -0.39 is 7.82 Å². The third-order valence-electron chi connectivity index (χ3n) is 2.43. The van der Waals surface area contributed by atoms with Crippen LogP contribution in [0.4, 0.5) is 0 Å². The summed E-state index contributed by atoms with van der Waals surface area (Å²) in [4.78, 5) is 0. The molecule has 0 amide bonds. The fourth-order valence-corrected chi connectivity index (χ4v) is 2.64. The Morgan fingerprint density at radius 3 is 3.00 bits per heavy atom. The molecule has 80 valence electrons. The largest absolute Gasteiger partial charge is 0.529 e. The molecule has 2 rings (SSSR count). The summed E-state index contributed by atoms with van der Waals surface area (Å²) in [7, 11) is -2.05. The zero-order chi connectivity index (χ0) is 10.2. The van der Waals surface area contributed by atoms with Crippen molar-refractivity contribution in [2.24, 2.45) is 5.92 Å². The summed E-state index contributed by atoms with van der Waals surface area (Å²) in [5.74, 6) is 0.760. The fraction of sp³-hybridized carbons (Fsp3) is 0.750. The van der Waals surface area contributed by atoms with Crippen molar-refractivity contribution in [3.63, 3.8) is 0 Å². The van der Waals surface area contributed by atoms with Crippen LogP contribution in [0.1, 0.15) is 6.92 Å². The summed E-state index contributed by atoms with van der Waals surface area (Å²) in [5, 5.41) is 0. The maximum absolute atomic E-state index is 11.7. The van der Waals surface area contributed by atoms with Gasteiger partial charge in [-0.3, -0.25) is 9.05 Å². The standard InChI is InChI=1S/C8H13O5P/c1-6-8-5-11-3-7(8)4-12-14(9,10-2)13-6/h7H,3-5H2,1-2H3. The summed E-state index contributed by atoms with van der Waals surface area (Å²) >= 11 is 0. The number of allylic oxidation sites excluding steroid dienone is 1. The van der Waals surface area contributed by atoms with Gasteiger partial charge in [0.15, 0.2) is 0 Å². The maximum atomic E-state index is 11.7. The highest BCUT2D eigenvalue weighted by atomic mass is 31.2. The van der Waals surface area contributed by atoms with Crippen LogP contribution in [0.3, 0.4) is 0 Å². The Kier molecular flexibility index (Phi) is 2.66. The van der Waals surface area contributed by atoms with Crippen LogP contribution in [0.5, 0.6) is 0 Å². The molecule has 2 heterocycles. The van der Waals surface area contributed by atoms with Crippen LogP contribution in [-0.2, 0) is 22.9 Å². The second kappa shape index (κ2) is 3.66. The molecule has 0 saturated carbocycles. The highest BCUT2D eigenvalue weighted by Gasteiger charge is 2.36. The first-order valence-corrected chi connectivity index (χ1v) is 5.88. The first-order valence-electron chi connectivity index (χ1n) is 4.42. The Balaban J connectivity index is 2.26. The van der Waals surface area contributed by atoms with E-state index in [-0.39, 0.29) is 5.92 Å². The molecule has 2 unspecified atom stereocenters. The topological polar surface area (TPSA) is 54.0 Å². The second-order valence-electron chi connectivity index (χ2n) is 3.31. The van der Waals surface area contributed by atoms with Gasteiger partial charge in [-0.15, -0.1) is 0 Å². The predicted molar refractivity (Wildman–Crippen MR) is 48.7 cm³/mol.